The fraction of sp³-hybridized carbons (Fsp3) is 0.174. The summed E-state index contributed by atoms with van der Waals surface area (Å²) in [6.07, 6.45) is 4.30. The molecule has 2 aromatic carbocycles. The zero-order valence-corrected chi connectivity index (χ0v) is 16.4. The number of hydrogen-bond donors (Lipinski definition) is 0. The second kappa shape index (κ2) is 8.76. The minimum absolute atomic E-state index is 0.491. The molecule has 0 N–H and O–H groups in total. The van der Waals surface area contributed by atoms with Crippen molar-refractivity contribution in [2.24, 2.45) is 0 Å². The van der Waals surface area contributed by atoms with E-state index >= 15 is 0 Å². The highest BCUT2D eigenvalue weighted by Crippen LogP contribution is 2.21. The SMILES string of the molecule is Cc1cccc(OCc2coc(Cc3cccc(OCc4cncs4)c3)c2)c1. The van der Waals surface area contributed by atoms with Gasteiger partial charge in [-0.2, -0.15) is 0 Å². The molecule has 2 heterocycles. The number of benzene rings is 2. The van der Waals surface area contributed by atoms with Gasteiger partial charge in [-0.05, 0) is 48.4 Å². The third-order valence-corrected chi connectivity index (χ3v) is 5.00. The van der Waals surface area contributed by atoms with Gasteiger partial charge in [0, 0.05) is 18.2 Å². The molecule has 0 spiro atoms. The molecule has 0 unspecified atom stereocenters. The van der Waals surface area contributed by atoms with Crippen LogP contribution in [0.15, 0.2) is 77.0 Å². The van der Waals surface area contributed by atoms with E-state index in [0.29, 0.717) is 19.6 Å². The molecule has 0 saturated carbocycles. The lowest BCUT2D eigenvalue weighted by molar-refractivity contribution is 0.304. The first-order valence-electron chi connectivity index (χ1n) is 9.09. The molecule has 0 atom stereocenters. The first kappa shape index (κ1) is 18.3. The Kier molecular flexibility index (Phi) is 5.73. The maximum Gasteiger partial charge on any atom is 0.124 e. The third-order valence-electron chi connectivity index (χ3n) is 4.24. The number of aromatic nitrogens is 1. The van der Waals surface area contributed by atoms with Crippen LogP contribution < -0.4 is 9.47 Å². The molecule has 0 saturated heterocycles. The van der Waals surface area contributed by atoms with Gasteiger partial charge in [-0.1, -0.05) is 24.3 Å². The minimum atomic E-state index is 0.491. The number of nitrogens with zero attached hydrogens (tertiary/aromatic N) is 1. The second-order valence-corrected chi connectivity index (χ2v) is 7.58. The number of aryl methyl sites for hydroxylation is 1. The molecule has 0 aliphatic rings. The Morgan fingerprint density at radius 2 is 1.75 bits per heavy atom. The summed E-state index contributed by atoms with van der Waals surface area (Å²) in [6, 6.07) is 18.2. The Balaban J connectivity index is 1.33. The molecule has 4 aromatic rings. The second-order valence-electron chi connectivity index (χ2n) is 6.61. The lowest BCUT2D eigenvalue weighted by Gasteiger charge is -2.06. The van der Waals surface area contributed by atoms with Crippen molar-refractivity contribution in [1.29, 1.82) is 0 Å². The van der Waals surface area contributed by atoms with E-state index in [0.717, 1.165) is 33.3 Å². The van der Waals surface area contributed by atoms with Crippen LogP contribution in [0, 0.1) is 6.92 Å². The highest BCUT2D eigenvalue weighted by atomic mass is 32.1. The van der Waals surface area contributed by atoms with Gasteiger partial charge in [0.1, 0.15) is 30.5 Å². The monoisotopic (exact) mass is 391 g/mol. The van der Waals surface area contributed by atoms with Gasteiger partial charge in [-0.15, -0.1) is 11.3 Å². The molecular weight excluding hydrogens is 370 g/mol. The summed E-state index contributed by atoms with van der Waals surface area (Å²) >= 11 is 1.59. The standard InChI is InChI=1S/C23H21NO3S/c1-17-4-2-6-20(8-17)25-13-19-11-22(26-14-19)10-18-5-3-7-21(9-18)27-15-23-12-24-16-28-23/h2-9,11-12,14,16H,10,13,15H2,1H3. The number of hydrogen-bond acceptors (Lipinski definition) is 5. The van der Waals surface area contributed by atoms with Gasteiger partial charge < -0.3 is 13.9 Å². The minimum Gasteiger partial charge on any atom is -0.489 e. The summed E-state index contributed by atoms with van der Waals surface area (Å²) in [5.41, 5.74) is 5.16. The average Bonchev–Trinajstić information content (AvgIpc) is 3.37. The Morgan fingerprint density at radius 1 is 0.929 bits per heavy atom. The first-order valence-corrected chi connectivity index (χ1v) is 9.97. The van der Waals surface area contributed by atoms with Gasteiger partial charge in [-0.3, -0.25) is 4.98 Å². The molecule has 0 aliphatic carbocycles. The lowest BCUT2D eigenvalue weighted by Crippen LogP contribution is -1.95. The molecule has 0 radical (unpaired) electrons. The highest BCUT2D eigenvalue weighted by Gasteiger charge is 2.06. The average molecular weight is 391 g/mol. The van der Waals surface area contributed by atoms with Crippen LogP contribution in [0.1, 0.15) is 27.3 Å². The van der Waals surface area contributed by atoms with E-state index < -0.39 is 0 Å². The fourth-order valence-corrected chi connectivity index (χ4v) is 3.39. The van der Waals surface area contributed by atoms with Gasteiger partial charge in [0.2, 0.25) is 0 Å². The molecule has 5 heteroatoms. The van der Waals surface area contributed by atoms with Crippen LogP contribution in [0.3, 0.4) is 0 Å². The van der Waals surface area contributed by atoms with Crippen LogP contribution in [0.5, 0.6) is 11.5 Å². The molecule has 2 aromatic heterocycles. The van der Waals surface area contributed by atoms with E-state index in [1.165, 1.54) is 5.56 Å². The predicted octanol–water partition coefficient (Wildman–Crippen LogP) is 5.79. The molecule has 142 valence electrons. The number of furan rings is 1. The van der Waals surface area contributed by atoms with Crippen molar-refractivity contribution in [1.82, 2.24) is 4.98 Å². The summed E-state index contributed by atoms with van der Waals surface area (Å²) in [5.74, 6) is 2.62. The van der Waals surface area contributed by atoms with Crippen LogP contribution in [0.25, 0.3) is 0 Å². The highest BCUT2D eigenvalue weighted by molar-refractivity contribution is 7.09. The van der Waals surface area contributed by atoms with E-state index in [2.05, 4.69) is 24.0 Å². The Morgan fingerprint density at radius 3 is 2.57 bits per heavy atom. The Labute approximate surface area is 168 Å². The van der Waals surface area contributed by atoms with Crippen molar-refractivity contribution < 1.29 is 13.9 Å². The molecule has 0 aliphatic heterocycles. The summed E-state index contributed by atoms with van der Waals surface area (Å²) in [7, 11) is 0. The van der Waals surface area contributed by atoms with E-state index in [9.17, 15) is 0 Å². The van der Waals surface area contributed by atoms with Crippen molar-refractivity contribution in [2.75, 3.05) is 0 Å². The molecular formula is C23H21NO3S. The van der Waals surface area contributed by atoms with Crippen molar-refractivity contribution in [3.8, 4) is 11.5 Å². The molecule has 0 fully saturated rings. The first-order chi connectivity index (χ1) is 13.7. The summed E-state index contributed by atoms with van der Waals surface area (Å²) in [5, 5.41) is 0. The van der Waals surface area contributed by atoms with Gasteiger partial charge >= 0.3 is 0 Å². The van der Waals surface area contributed by atoms with E-state index in [4.69, 9.17) is 13.9 Å². The molecule has 0 bridgehead atoms. The Hall–Kier alpha value is -3.05. The normalized spacial score (nSPS) is 10.8. The largest absolute Gasteiger partial charge is 0.489 e. The van der Waals surface area contributed by atoms with E-state index in [1.807, 2.05) is 54.2 Å². The van der Waals surface area contributed by atoms with Crippen molar-refractivity contribution in [3.05, 3.63) is 99.9 Å². The maximum atomic E-state index is 5.85. The summed E-state index contributed by atoms with van der Waals surface area (Å²) in [6.45, 7) is 3.08. The van der Waals surface area contributed by atoms with Crippen LogP contribution in [-0.2, 0) is 19.6 Å². The number of ether oxygens (including phenoxy) is 2. The van der Waals surface area contributed by atoms with Gasteiger partial charge in [-0.25, -0.2) is 0 Å². The van der Waals surface area contributed by atoms with Crippen molar-refractivity contribution in [3.63, 3.8) is 0 Å². The topological polar surface area (TPSA) is 44.5 Å². The smallest absolute Gasteiger partial charge is 0.124 e. The molecule has 0 amide bonds. The summed E-state index contributed by atoms with van der Waals surface area (Å²) in [4.78, 5) is 5.17. The zero-order chi connectivity index (χ0) is 19.2. The number of rotatable bonds is 8. The van der Waals surface area contributed by atoms with Crippen LogP contribution in [-0.4, -0.2) is 4.98 Å². The van der Waals surface area contributed by atoms with Crippen LogP contribution >= 0.6 is 11.3 Å². The van der Waals surface area contributed by atoms with Crippen molar-refractivity contribution in [2.45, 2.75) is 26.6 Å². The van der Waals surface area contributed by atoms with E-state index in [1.54, 1.807) is 17.6 Å². The summed E-state index contributed by atoms with van der Waals surface area (Å²) < 4.78 is 17.4. The van der Waals surface area contributed by atoms with Crippen LogP contribution in [0.4, 0.5) is 0 Å². The predicted molar refractivity (Wildman–Crippen MR) is 110 cm³/mol. The molecule has 4 nitrogen and oxygen atoms in total. The molecule has 28 heavy (non-hydrogen) atoms. The van der Waals surface area contributed by atoms with Gasteiger partial charge in [0.05, 0.1) is 16.7 Å². The fourth-order valence-electron chi connectivity index (χ4n) is 2.88. The maximum absolute atomic E-state index is 5.85. The van der Waals surface area contributed by atoms with Crippen molar-refractivity contribution >= 4 is 11.3 Å². The third kappa shape index (κ3) is 5.02. The van der Waals surface area contributed by atoms with Crippen LogP contribution in [0.2, 0.25) is 0 Å². The lowest BCUT2D eigenvalue weighted by atomic mass is 10.1. The van der Waals surface area contributed by atoms with Gasteiger partial charge in [0.25, 0.3) is 0 Å². The quantitative estimate of drug-likeness (QED) is 0.381. The molecule has 4 rings (SSSR count). The Bertz CT molecular complexity index is 1020. The number of thiazole rings is 1. The van der Waals surface area contributed by atoms with Gasteiger partial charge in [0.15, 0.2) is 0 Å². The zero-order valence-electron chi connectivity index (χ0n) is 15.6. The van der Waals surface area contributed by atoms with E-state index in [-0.39, 0.29) is 0 Å².